The molecule has 0 spiro atoms. The van der Waals surface area contributed by atoms with E-state index in [4.69, 9.17) is 0 Å². The molecule has 4 aromatic rings. The molecule has 2 aromatic carbocycles. The third-order valence-electron chi connectivity index (χ3n) is 5.91. The van der Waals surface area contributed by atoms with Crippen LogP contribution in [0.5, 0.6) is 46.5 Å². The summed E-state index contributed by atoms with van der Waals surface area (Å²) < 4.78 is 2.56. The largest absolute Gasteiger partial charge is 0.508 e. The molecular formula is C25H26N2O8. The van der Waals surface area contributed by atoms with Gasteiger partial charge in [-0.1, -0.05) is 12.1 Å². The number of phenolic OH excluding ortho intramolecular Hbond substituents is 4. The Morgan fingerprint density at radius 1 is 0.486 bits per heavy atom. The Morgan fingerprint density at radius 3 is 1.26 bits per heavy atom. The first-order valence-electron chi connectivity index (χ1n) is 10.9. The molecule has 0 bridgehead atoms. The van der Waals surface area contributed by atoms with Crippen LogP contribution in [0, 0.1) is 0 Å². The molecule has 8 N–H and O–H groups in total. The molecule has 2 heterocycles. The van der Waals surface area contributed by atoms with Crippen molar-refractivity contribution in [3.8, 4) is 46.5 Å². The van der Waals surface area contributed by atoms with Crippen molar-refractivity contribution in [1.29, 1.82) is 0 Å². The molecule has 0 atom stereocenters. The van der Waals surface area contributed by atoms with Crippen LogP contribution in [0.15, 0.2) is 48.5 Å². The third kappa shape index (κ3) is 4.86. The van der Waals surface area contributed by atoms with E-state index in [0.29, 0.717) is 28.7 Å². The topological polar surface area (TPSA) is 172 Å². The predicted molar refractivity (Wildman–Crippen MR) is 125 cm³/mol. The van der Waals surface area contributed by atoms with Crippen molar-refractivity contribution in [3.63, 3.8) is 0 Å². The summed E-state index contributed by atoms with van der Waals surface area (Å²) in [5.41, 5.74) is 1.69. The van der Waals surface area contributed by atoms with Gasteiger partial charge in [-0.05, 0) is 29.7 Å². The lowest BCUT2D eigenvalue weighted by Crippen LogP contribution is -2.03. The highest BCUT2D eigenvalue weighted by Gasteiger charge is 2.18. The maximum Gasteiger partial charge on any atom is 0.197 e. The Labute approximate surface area is 200 Å². The zero-order valence-corrected chi connectivity index (χ0v) is 18.6. The van der Waals surface area contributed by atoms with Crippen LogP contribution in [0.25, 0.3) is 0 Å². The maximum atomic E-state index is 10.6. The normalized spacial score (nSPS) is 11.2. The molecule has 10 nitrogen and oxygen atoms in total. The van der Waals surface area contributed by atoms with Crippen molar-refractivity contribution in [2.75, 3.05) is 0 Å². The minimum atomic E-state index is -0.181. The Bertz CT molecular complexity index is 1270. The number of nitrogens with zero attached hydrogens (tertiary/aromatic N) is 2. The van der Waals surface area contributed by atoms with Crippen LogP contribution in [0.1, 0.15) is 28.7 Å². The summed E-state index contributed by atoms with van der Waals surface area (Å²) in [4.78, 5) is 0. The van der Waals surface area contributed by atoms with E-state index >= 15 is 0 Å². The highest BCUT2D eigenvalue weighted by atomic mass is 16.3. The van der Waals surface area contributed by atoms with E-state index in [1.165, 1.54) is 57.7 Å². The van der Waals surface area contributed by atoms with Crippen molar-refractivity contribution >= 4 is 0 Å². The van der Waals surface area contributed by atoms with Crippen molar-refractivity contribution < 1.29 is 40.9 Å². The Kier molecular flexibility index (Phi) is 6.28. The van der Waals surface area contributed by atoms with E-state index in [9.17, 15) is 40.9 Å². The zero-order chi connectivity index (χ0) is 25.3. The maximum absolute atomic E-state index is 10.6. The van der Waals surface area contributed by atoms with Gasteiger partial charge in [-0.3, -0.25) is 9.13 Å². The monoisotopic (exact) mass is 482 g/mol. The molecule has 2 aromatic heterocycles. The van der Waals surface area contributed by atoms with E-state index in [2.05, 4.69) is 0 Å². The molecular weight excluding hydrogens is 456 g/mol. The number of aromatic hydroxyl groups is 8. The van der Waals surface area contributed by atoms with Crippen molar-refractivity contribution in [2.24, 2.45) is 0 Å². The lowest BCUT2D eigenvalue weighted by Gasteiger charge is -2.10. The molecule has 0 aliphatic rings. The summed E-state index contributed by atoms with van der Waals surface area (Å²) in [5.74, 6) is -1.16. The first-order valence-corrected chi connectivity index (χ1v) is 10.9. The first-order chi connectivity index (χ1) is 16.6. The summed E-state index contributed by atoms with van der Waals surface area (Å²) in [7, 11) is 0. The van der Waals surface area contributed by atoms with Gasteiger partial charge in [-0.25, -0.2) is 0 Å². The van der Waals surface area contributed by atoms with Crippen molar-refractivity contribution in [3.05, 3.63) is 70.8 Å². The Morgan fingerprint density at radius 2 is 0.886 bits per heavy atom. The lowest BCUT2D eigenvalue weighted by atomic mass is 10.1. The average Bonchev–Trinajstić information content (AvgIpc) is 3.21. The second-order valence-electron chi connectivity index (χ2n) is 8.34. The standard InChI is InChI=1S/C25H26N2O8/c28-18-4-2-14(20(30)12-18)8-16-10-22(32)26(24(16)34)6-1-7-27-23(33)11-17(25(27)35)9-15-3-5-19(29)13-21(15)31/h2-5,10-13,28-35H,1,6-9H2. The third-order valence-corrected chi connectivity index (χ3v) is 5.91. The van der Waals surface area contributed by atoms with Gasteiger partial charge >= 0.3 is 0 Å². The molecule has 0 aliphatic carbocycles. The zero-order valence-electron chi connectivity index (χ0n) is 18.6. The molecule has 0 saturated heterocycles. The molecule has 0 radical (unpaired) electrons. The van der Waals surface area contributed by atoms with Crippen molar-refractivity contribution in [2.45, 2.75) is 32.4 Å². The number of hydrogen-bond donors (Lipinski definition) is 8. The summed E-state index contributed by atoms with van der Waals surface area (Å²) in [6, 6.07) is 11.0. The Balaban J connectivity index is 1.44. The van der Waals surface area contributed by atoms with Gasteiger partial charge in [0.15, 0.2) is 23.5 Å². The summed E-state index contributed by atoms with van der Waals surface area (Å²) in [5, 5.41) is 80.5. The van der Waals surface area contributed by atoms with Crippen LogP contribution >= 0.6 is 0 Å². The van der Waals surface area contributed by atoms with Gasteiger partial charge in [0.1, 0.15) is 23.0 Å². The minimum Gasteiger partial charge on any atom is -0.508 e. The number of phenols is 4. The molecule has 0 saturated carbocycles. The fourth-order valence-electron chi connectivity index (χ4n) is 4.06. The van der Waals surface area contributed by atoms with Crippen LogP contribution in [0.3, 0.4) is 0 Å². The van der Waals surface area contributed by atoms with Crippen LogP contribution in [-0.2, 0) is 25.9 Å². The van der Waals surface area contributed by atoms with Gasteiger partial charge in [0.2, 0.25) is 0 Å². The molecule has 0 fully saturated rings. The second kappa shape index (κ2) is 9.34. The molecule has 0 amide bonds. The number of benzene rings is 2. The van der Waals surface area contributed by atoms with E-state index in [0.717, 1.165) is 0 Å². The van der Waals surface area contributed by atoms with Gasteiger partial charge in [0.05, 0.1) is 0 Å². The molecule has 35 heavy (non-hydrogen) atoms. The van der Waals surface area contributed by atoms with E-state index < -0.39 is 0 Å². The fourth-order valence-corrected chi connectivity index (χ4v) is 4.06. The number of aromatic nitrogens is 2. The van der Waals surface area contributed by atoms with Crippen LogP contribution in [0.4, 0.5) is 0 Å². The van der Waals surface area contributed by atoms with Gasteiger partial charge in [0, 0.05) is 61.3 Å². The number of hydrogen-bond acceptors (Lipinski definition) is 8. The summed E-state index contributed by atoms with van der Waals surface area (Å²) >= 11 is 0. The molecule has 0 aliphatic heterocycles. The van der Waals surface area contributed by atoms with Gasteiger partial charge in [-0.15, -0.1) is 0 Å². The second-order valence-corrected chi connectivity index (χ2v) is 8.34. The Hall–Kier alpha value is -4.60. The molecule has 4 rings (SSSR count). The molecule has 184 valence electrons. The van der Waals surface area contributed by atoms with Crippen LogP contribution in [0.2, 0.25) is 0 Å². The summed E-state index contributed by atoms with van der Waals surface area (Å²) in [6.45, 7) is 0.342. The van der Waals surface area contributed by atoms with E-state index in [1.54, 1.807) is 0 Å². The SMILES string of the molecule is Oc1ccc(Cc2cc(O)n(CCCn3c(O)cc(Cc4ccc(O)cc4O)c3O)c2O)c(O)c1. The van der Waals surface area contributed by atoms with Gasteiger partial charge in [0.25, 0.3) is 0 Å². The van der Waals surface area contributed by atoms with Gasteiger partial charge < -0.3 is 40.9 Å². The van der Waals surface area contributed by atoms with Gasteiger partial charge in [-0.2, -0.15) is 0 Å². The molecule has 0 unspecified atom stereocenters. The lowest BCUT2D eigenvalue weighted by molar-refractivity contribution is 0.340. The average molecular weight is 482 g/mol. The fraction of sp³-hybridized carbons (Fsp3) is 0.200. The van der Waals surface area contributed by atoms with E-state index in [-0.39, 0.29) is 72.4 Å². The highest BCUT2D eigenvalue weighted by molar-refractivity contribution is 5.46. The van der Waals surface area contributed by atoms with Crippen molar-refractivity contribution in [1.82, 2.24) is 9.13 Å². The number of rotatable bonds is 8. The molecule has 10 heteroatoms. The predicted octanol–water partition coefficient (Wildman–Crippen LogP) is 3.21. The highest BCUT2D eigenvalue weighted by Crippen LogP contribution is 2.35. The smallest absolute Gasteiger partial charge is 0.197 e. The quantitative estimate of drug-likeness (QED) is 0.189. The minimum absolute atomic E-state index is 0.0876. The van der Waals surface area contributed by atoms with Crippen LogP contribution < -0.4 is 0 Å². The van der Waals surface area contributed by atoms with E-state index in [1.807, 2.05) is 0 Å². The van der Waals surface area contributed by atoms with Crippen LogP contribution in [-0.4, -0.2) is 50.0 Å². The summed E-state index contributed by atoms with van der Waals surface area (Å²) in [6.07, 6.45) is 0.593. The first kappa shape index (κ1) is 23.6.